The fourth-order valence-corrected chi connectivity index (χ4v) is 2.08. The van der Waals surface area contributed by atoms with Gasteiger partial charge in [0.05, 0.1) is 16.1 Å². The monoisotopic (exact) mass is 282 g/mol. The van der Waals surface area contributed by atoms with E-state index >= 15 is 0 Å². The Morgan fingerprint density at radius 2 is 1.89 bits per heavy atom. The molecule has 0 spiro atoms. The van der Waals surface area contributed by atoms with Crippen LogP contribution in [0.25, 0.3) is 0 Å². The van der Waals surface area contributed by atoms with E-state index in [2.05, 4.69) is 10.6 Å². The van der Waals surface area contributed by atoms with Crippen LogP contribution in [-0.4, -0.2) is 34.1 Å². The van der Waals surface area contributed by atoms with Crippen molar-refractivity contribution in [2.24, 2.45) is 0 Å². The zero-order chi connectivity index (χ0) is 14.5. The SMILES string of the molecule is C=S(=O)(C=O)c1ccc(C(=O)CC(=O)OCC)cc1. The summed E-state index contributed by atoms with van der Waals surface area (Å²) in [6.45, 7) is 1.87. The summed E-state index contributed by atoms with van der Waals surface area (Å²) in [5.74, 6) is 2.32. The minimum absolute atomic E-state index is 0.216. The molecule has 0 aliphatic heterocycles. The second-order valence-electron chi connectivity index (χ2n) is 3.75. The quantitative estimate of drug-likeness (QED) is 0.256. The number of carbonyl (C=O) groups excluding carboxylic acids is 3. The van der Waals surface area contributed by atoms with Crippen molar-refractivity contribution in [2.45, 2.75) is 18.2 Å². The molecular formula is C13H14O5S. The Hall–Kier alpha value is -1.95. The molecule has 0 aliphatic rings. The van der Waals surface area contributed by atoms with Gasteiger partial charge in [-0.2, -0.15) is 0 Å². The van der Waals surface area contributed by atoms with E-state index in [0.29, 0.717) is 0 Å². The summed E-state index contributed by atoms with van der Waals surface area (Å²) < 4.78 is 16.3. The Balaban J connectivity index is 2.85. The van der Waals surface area contributed by atoms with E-state index in [9.17, 15) is 18.6 Å². The van der Waals surface area contributed by atoms with Gasteiger partial charge in [0.15, 0.2) is 5.78 Å². The third-order valence-corrected chi connectivity index (χ3v) is 3.72. The number of ether oxygens (including phenoxy) is 1. The summed E-state index contributed by atoms with van der Waals surface area (Å²) in [4.78, 5) is 33.7. The molecule has 0 fully saturated rings. The van der Waals surface area contributed by atoms with Gasteiger partial charge in [0.2, 0.25) is 5.62 Å². The van der Waals surface area contributed by atoms with Crippen LogP contribution in [-0.2, 0) is 23.8 Å². The van der Waals surface area contributed by atoms with Gasteiger partial charge in [-0.05, 0) is 24.9 Å². The van der Waals surface area contributed by atoms with Gasteiger partial charge in [0.25, 0.3) is 0 Å². The molecule has 102 valence electrons. The lowest BCUT2D eigenvalue weighted by atomic mass is 10.1. The van der Waals surface area contributed by atoms with Crippen LogP contribution in [0.1, 0.15) is 23.7 Å². The number of hydrogen-bond acceptors (Lipinski definition) is 5. The van der Waals surface area contributed by atoms with Gasteiger partial charge in [-0.3, -0.25) is 18.6 Å². The lowest BCUT2D eigenvalue weighted by Gasteiger charge is -2.04. The van der Waals surface area contributed by atoms with Gasteiger partial charge >= 0.3 is 5.97 Å². The van der Waals surface area contributed by atoms with Crippen LogP contribution in [0.5, 0.6) is 0 Å². The van der Waals surface area contributed by atoms with Crippen molar-refractivity contribution < 1.29 is 23.3 Å². The predicted octanol–water partition coefficient (Wildman–Crippen LogP) is 1.09. The predicted molar refractivity (Wildman–Crippen MR) is 72.3 cm³/mol. The maximum absolute atomic E-state index is 11.7. The van der Waals surface area contributed by atoms with Gasteiger partial charge in [0, 0.05) is 10.5 Å². The van der Waals surface area contributed by atoms with Crippen molar-refractivity contribution in [1.82, 2.24) is 0 Å². The number of benzene rings is 1. The van der Waals surface area contributed by atoms with Crippen molar-refractivity contribution in [3.63, 3.8) is 0 Å². The molecule has 0 N–H and O–H groups in total. The van der Waals surface area contributed by atoms with Crippen LogP contribution < -0.4 is 0 Å². The maximum Gasteiger partial charge on any atom is 0.313 e. The Bertz CT molecular complexity index is 584. The first-order valence-electron chi connectivity index (χ1n) is 5.52. The molecule has 1 rings (SSSR count). The largest absolute Gasteiger partial charge is 0.466 e. The molecule has 0 heterocycles. The van der Waals surface area contributed by atoms with E-state index in [-0.39, 0.29) is 29.1 Å². The number of hydrogen-bond donors (Lipinski definition) is 0. The second kappa shape index (κ2) is 6.29. The zero-order valence-electron chi connectivity index (χ0n) is 10.5. The van der Waals surface area contributed by atoms with Crippen LogP contribution in [0.4, 0.5) is 0 Å². The average molecular weight is 282 g/mol. The van der Waals surface area contributed by atoms with Crippen molar-refractivity contribution in [1.29, 1.82) is 0 Å². The molecule has 0 radical (unpaired) electrons. The number of Topliss-reactive ketones (excluding diaryl/α,β-unsaturated/α-hetero) is 1. The highest BCUT2D eigenvalue weighted by Gasteiger charge is 2.13. The molecule has 0 bridgehead atoms. The fourth-order valence-electron chi connectivity index (χ4n) is 1.37. The molecule has 1 aromatic rings. The molecule has 0 aliphatic carbocycles. The van der Waals surface area contributed by atoms with E-state index in [1.165, 1.54) is 24.3 Å². The smallest absolute Gasteiger partial charge is 0.313 e. The molecule has 0 saturated heterocycles. The molecular weight excluding hydrogens is 268 g/mol. The molecule has 1 aromatic carbocycles. The van der Waals surface area contributed by atoms with Crippen molar-refractivity contribution in [2.75, 3.05) is 6.61 Å². The second-order valence-corrected chi connectivity index (χ2v) is 5.87. The normalized spacial score (nSPS) is 13.3. The molecule has 0 aromatic heterocycles. The zero-order valence-corrected chi connectivity index (χ0v) is 11.3. The average Bonchev–Trinajstić information content (AvgIpc) is 2.39. The fraction of sp³-hybridized carbons (Fsp3) is 0.231. The summed E-state index contributed by atoms with van der Waals surface area (Å²) >= 11 is 0. The van der Waals surface area contributed by atoms with Gasteiger partial charge < -0.3 is 4.74 Å². The van der Waals surface area contributed by atoms with Crippen molar-refractivity contribution in [3.05, 3.63) is 29.8 Å². The van der Waals surface area contributed by atoms with E-state index < -0.39 is 21.3 Å². The maximum atomic E-state index is 11.7. The lowest BCUT2D eigenvalue weighted by molar-refractivity contribution is -0.141. The first-order valence-corrected chi connectivity index (χ1v) is 7.31. The Morgan fingerprint density at radius 1 is 1.32 bits per heavy atom. The van der Waals surface area contributed by atoms with E-state index in [4.69, 9.17) is 0 Å². The third-order valence-electron chi connectivity index (χ3n) is 2.34. The molecule has 6 heteroatoms. The van der Waals surface area contributed by atoms with Crippen LogP contribution in [0, 0.1) is 0 Å². The van der Waals surface area contributed by atoms with Crippen LogP contribution in [0.15, 0.2) is 29.2 Å². The number of carbonyl (C=O) groups is 3. The molecule has 19 heavy (non-hydrogen) atoms. The number of esters is 1. The van der Waals surface area contributed by atoms with Gasteiger partial charge in [0.1, 0.15) is 6.42 Å². The number of rotatable bonds is 6. The minimum atomic E-state index is -2.96. The highest BCUT2D eigenvalue weighted by atomic mass is 32.2. The van der Waals surface area contributed by atoms with E-state index in [0.717, 1.165) is 0 Å². The highest BCUT2D eigenvalue weighted by Crippen LogP contribution is 2.12. The first-order chi connectivity index (χ1) is 8.90. The molecule has 0 amide bonds. The summed E-state index contributed by atoms with van der Waals surface area (Å²) in [5.41, 5.74) is 0.570. The standard InChI is InChI=1S/C13H14O5S/c1-3-18-13(16)8-12(15)10-4-6-11(7-5-10)19(2,17)9-14/h4-7,9H,2-3,8H2,1H3. The number of ketones is 1. The van der Waals surface area contributed by atoms with Gasteiger partial charge in [-0.25, -0.2) is 0 Å². The summed E-state index contributed by atoms with van der Waals surface area (Å²) in [5, 5.41) is 0. The molecule has 1 unspecified atom stereocenters. The topological polar surface area (TPSA) is 77.5 Å². The Morgan fingerprint density at radius 3 is 2.37 bits per heavy atom. The summed E-state index contributed by atoms with van der Waals surface area (Å²) in [7, 11) is -2.96. The van der Waals surface area contributed by atoms with E-state index in [1.807, 2.05) is 0 Å². The van der Waals surface area contributed by atoms with Gasteiger partial charge in [-0.15, -0.1) is 0 Å². The Labute approximate surface area is 111 Å². The van der Waals surface area contributed by atoms with Crippen LogP contribution in [0.3, 0.4) is 0 Å². The minimum Gasteiger partial charge on any atom is -0.466 e. The first kappa shape index (κ1) is 15.1. The molecule has 0 saturated carbocycles. The van der Waals surface area contributed by atoms with E-state index in [1.54, 1.807) is 6.92 Å². The Kier molecular flexibility index (Phi) is 5.00. The van der Waals surface area contributed by atoms with Crippen molar-refractivity contribution in [3.8, 4) is 0 Å². The van der Waals surface area contributed by atoms with Crippen LogP contribution in [0.2, 0.25) is 0 Å². The summed E-state index contributed by atoms with van der Waals surface area (Å²) in [6.07, 6.45) is -0.347. The summed E-state index contributed by atoms with van der Waals surface area (Å²) in [6, 6.07) is 5.60. The van der Waals surface area contributed by atoms with Gasteiger partial charge in [-0.1, -0.05) is 12.1 Å². The molecule has 5 nitrogen and oxygen atoms in total. The lowest BCUT2D eigenvalue weighted by Crippen LogP contribution is -2.11. The highest BCUT2D eigenvalue weighted by molar-refractivity contribution is 8.12. The molecule has 1 atom stereocenters. The van der Waals surface area contributed by atoms with Crippen molar-refractivity contribution >= 4 is 32.8 Å². The third kappa shape index (κ3) is 4.03. The van der Waals surface area contributed by atoms with Crippen LogP contribution >= 0.6 is 0 Å².